The Morgan fingerprint density at radius 2 is 1.62 bits per heavy atom. The van der Waals surface area contributed by atoms with E-state index in [1.165, 1.54) is 24.3 Å². The fourth-order valence-electron chi connectivity index (χ4n) is 6.57. The summed E-state index contributed by atoms with van der Waals surface area (Å²) in [4.78, 5) is 2.36. The van der Waals surface area contributed by atoms with E-state index in [2.05, 4.69) is 4.90 Å². The van der Waals surface area contributed by atoms with Crippen LogP contribution in [-0.2, 0) is 17.2 Å². The molecule has 45 heavy (non-hydrogen) atoms. The van der Waals surface area contributed by atoms with Gasteiger partial charge in [0.25, 0.3) is 0 Å². The molecule has 250 valence electrons. The molecule has 1 aliphatic carbocycles. The second-order valence-electron chi connectivity index (χ2n) is 12.2. The van der Waals surface area contributed by atoms with Gasteiger partial charge in [0.15, 0.2) is 11.6 Å². The molecule has 4 rings (SSSR count). The molecule has 0 bridgehead atoms. The number of hydrogen-bond donors (Lipinski definition) is 1. The van der Waals surface area contributed by atoms with Crippen molar-refractivity contribution in [1.29, 1.82) is 0 Å². The molecule has 2 aliphatic rings. The minimum Gasteiger partial charge on any atom is -0.505 e. The zero-order valence-corrected chi connectivity index (χ0v) is 26.2. The topological polar surface area (TPSA) is 40.5 Å². The van der Waals surface area contributed by atoms with Gasteiger partial charge in [0.05, 0.1) is 0 Å². The van der Waals surface area contributed by atoms with Crippen molar-refractivity contribution in [3.8, 4) is 5.75 Å². The number of aromatic hydroxyl groups is 1. The standard InChI is InChI=1S/C34H42F7NO2S/c35-26-14-12-24(13-15-26)28-11-5-8-25-22-32(43)31(36)23-30(25)29(28)10-3-1-2-4-18-42-19-6-9-27(42)16-21-45(44)20-7-17-33(37,38)34(39,40)41/h12-15,22-23,27,43H,1-11,16-21H2/t27-,45?/m1/s1. The van der Waals surface area contributed by atoms with Crippen molar-refractivity contribution >= 4 is 21.9 Å². The van der Waals surface area contributed by atoms with Gasteiger partial charge in [-0.1, -0.05) is 25.0 Å². The molecule has 1 saturated heterocycles. The highest BCUT2D eigenvalue weighted by Gasteiger charge is 2.56. The zero-order chi connectivity index (χ0) is 32.6. The zero-order valence-electron chi connectivity index (χ0n) is 25.4. The van der Waals surface area contributed by atoms with Crippen molar-refractivity contribution in [3.63, 3.8) is 0 Å². The normalized spacial score (nSPS) is 18.7. The average Bonchev–Trinajstić information content (AvgIpc) is 3.36. The van der Waals surface area contributed by atoms with Gasteiger partial charge in [-0.3, -0.25) is 4.21 Å². The van der Waals surface area contributed by atoms with Crippen LogP contribution in [0.1, 0.15) is 93.7 Å². The number of benzene rings is 2. The number of fused-ring (bicyclic) bond motifs is 1. The molecule has 11 heteroatoms. The average molecular weight is 662 g/mol. The summed E-state index contributed by atoms with van der Waals surface area (Å²) in [7, 11) is -1.43. The van der Waals surface area contributed by atoms with Gasteiger partial charge in [0.2, 0.25) is 0 Å². The molecule has 0 saturated carbocycles. The number of likely N-dealkylation sites (tertiary alicyclic amines) is 1. The van der Waals surface area contributed by atoms with Crippen molar-refractivity contribution < 1.29 is 40.0 Å². The summed E-state index contributed by atoms with van der Waals surface area (Å²) in [6, 6.07) is 9.59. The van der Waals surface area contributed by atoms with Crippen LogP contribution in [0.3, 0.4) is 0 Å². The van der Waals surface area contributed by atoms with E-state index < -0.39 is 41.6 Å². The van der Waals surface area contributed by atoms with Crippen LogP contribution in [0.5, 0.6) is 5.75 Å². The number of rotatable bonds is 15. The highest BCUT2D eigenvalue weighted by Crippen LogP contribution is 2.41. The number of hydrogen-bond acceptors (Lipinski definition) is 3. The summed E-state index contributed by atoms with van der Waals surface area (Å²) in [5.41, 5.74) is 4.79. The van der Waals surface area contributed by atoms with Crippen molar-refractivity contribution in [2.75, 3.05) is 24.6 Å². The predicted octanol–water partition coefficient (Wildman–Crippen LogP) is 9.45. The van der Waals surface area contributed by atoms with E-state index in [-0.39, 0.29) is 23.4 Å². The first kappa shape index (κ1) is 35.5. The third kappa shape index (κ3) is 9.80. The fourth-order valence-corrected chi connectivity index (χ4v) is 7.78. The van der Waals surface area contributed by atoms with Gasteiger partial charge in [0, 0.05) is 34.8 Å². The molecular formula is C34H42F7NO2S. The van der Waals surface area contributed by atoms with Crippen LogP contribution in [0, 0.1) is 11.6 Å². The van der Waals surface area contributed by atoms with Crippen molar-refractivity contribution in [1.82, 2.24) is 4.90 Å². The highest BCUT2D eigenvalue weighted by atomic mass is 32.2. The Morgan fingerprint density at radius 1 is 0.889 bits per heavy atom. The maximum atomic E-state index is 14.5. The number of phenols is 1. The van der Waals surface area contributed by atoms with Crippen LogP contribution in [0.15, 0.2) is 36.4 Å². The Morgan fingerprint density at radius 3 is 2.36 bits per heavy atom. The Hall–Kier alpha value is -2.40. The van der Waals surface area contributed by atoms with E-state index in [1.54, 1.807) is 12.1 Å². The monoisotopic (exact) mass is 661 g/mol. The predicted molar refractivity (Wildman–Crippen MR) is 165 cm³/mol. The number of allylic oxidation sites excluding steroid dienone is 2. The molecule has 3 nitrogen and oxygen atoms in total. The summed E-state index contributed by atoms with van der Waals surface area (Å²) in [5.74, 6) is -5.93. The molecule has 0 radical (unpaired) electrons. The lowest BCUT2D eigenvalue weighted by atomic mass is 9.89. The Balaban J connectivity index is 1.25. The van der Waals surface area contributed by atoms with E-state index in [4.69, 9.17) is 0 Å². The SMILES string of the molecule is O=S(CCCC(F)(F)C(F)(F)F)CC[C@H]1CCCN1CCCCCCC1=C(c2ccc(F)cc2)CCCc2cc(O)c(F)cc21. The Labute approximate surface area is 263 Å². The molecule has 1 fully saturated rings. The van der Waals surface area contributed by atoms with Gasteiger partial charge in [0.1, 0.15) is 5.82 Å². The lowest BCUT2D eigenvalue weighted by Gasteiger charge is -2.24. The summed E-state index contributed by atoms with van der Waals surface area (Å²) in [5, 5.41) is 9.98. The summed E-state index contributed by atoms with van der Waals surface area (Å²) < 4.78 is 104. The molecule has 2 aromatic rings. The van der Waals surface area contributed by atoms with E-state index in [9.17, 15) is 40.0 Å². The first-order chi connectivity index (χ1) is 21.4. The molecule has 0 amide bonds. The second kappa shape index (κ2) is 15.9. The quantitative estimate of drug-likeness (QED) is 0.153. The van der Waals surface area contributed by atoms with Crippen molar-refractivity contribution in [3.05, 3.63) is 64.7 Å². The molecule has 2 atom stereocenters. The van der Waals surface area contributed by atoms with Gasteiger partial charge >= 0.3 is 12.1 Å². The number of alkyl halides is 5. The minimum absolute atomic E-state index is 0.157. The smallest absolute Gasteiger partial charge is 0.453 e. The Kier molecular flexibility index (Phi) is 12.6. The van der Waals surface area contributed by atoms with Crippen LogP contribution in [-0.4, -0.2) is 57.0 Å². The number of phenolic OH excluding ortho intramolecular Hbond substituents is 1. The van der Waals surface area contributed by atoms with Crippen LogP contribution in [0.4, 0.5) is 30.7 Å². The lowest BCUT2D eigenvalue weighted by molar-refractivity contribution is -0.284. The highest BCUT2D eigenvalue weighted by molar-refractivity contribution is 7.84. The molecule has 0 aromatic heterocycles. The van der Waals surface area contributed by atoms with E-state index in [0.29, 0.717) is 12.2 Å². The third-order valence-electron chi connectivity index (χ3n) is 9.01. The van der Waals surface area contributed by atoms with Crippen LogP contribution >= 0.6 is 0 Å². The van der Waals surface area contributed by atoms with Crippen molar-refractivity contribution in [2.24, 2.45) is 0 Å². The van der Waals surface area contributed by atoms with E-state index in [0.717, 1.165) is 105 Å². The number of halogens is 7. The van der Waals surface area contributed by atoms with E-state index >= 15 is 0 Å². The van der Waals surface area contributed by atoms with Gasteiger partial charge < -0.3 is 10.0 Å². The molecule has 1 N–H and O–H groups in total. The van der Waals surface area contributed by atoms with Crippen LogP contribution in [0.25, 0.3) is 11.1 Å². The number of unbranched alkanes of at least 4 members (excludes halogenated alkanes) is 3. The molecule has 1 heterocycles. The maximum Gasteiger partial charge on any atom is 0.453 e. The lowest BCUT2D eigenvalue weighted by Crippen LogP contribution is -2.36. The van der Waals surface area contributed by atoms with Crippen LogP contribution < -0.4 is 0 Å². The fraction of sp³-hybridized carbons (Fsp3) is 0.588. The maximum absolute atomic E-state index is 14.5. The first-order valence-electron chi connectivity index (χ1n) is 15.9. The minimum atomic E-state index is -5.58. The van der Waals surface area contributed by atoms with Gasteiger partial charge in [-0.05, 0) is 129 Å². The van der Waals surface area contributed by atoms with Gasteiger partial charge in [-0.15, -0.1) is 0 Å². The number of nitrogens with zero attached hydrogens (tertiary/aromatic N) is 1. The largest absolute Gasteiger partial charge is 0.505 e. The first-order valence-corrected chi connectivity index (χ1v) is 17.4. The number of aryl methyl sites for hydroxylation is 1. The molecule has 0 spiro atoms. The molecule has 1 unspecified atom stereocenters. The second-order valence-corrected chi connectivity index (χ2v) is 13.9. The third-order valence-corrected chi connectivity index (χ3v) is 10.4. The Bertz CT molecular complexity index is 1330. The van der Waals surface area contributed by atoms with Gasteiger partial charge in [-0.25, -0.2) is 8.78 Å². The summed E-state index contributed by atoms with van der Waals surface area (Å²) in [6.07, 6.45) is 2.12. The summed E-state index contributed by atoms with van der Waals surface area (Å²) >= 11 is 0. The van der Waals surface area contributed by atoms with Crippen LogP contribution in [0.2, 0.25) is 0 Å². The van der Waals surface area contributed by atoms with Gasteiger partial charge in [-0.2, -0.15) is 22.0 Å². The molecular weight excluding hydrogens is 619 g/mol. The molecule has 1 aliphatic heterocycles. The van der Waals surface area contributed by atoms with E-state index in [1.807, 2.05) is 0 Å². The molecule has 2 aromatic carbocycles. The van der Waals surface area contributed by atoms with Crippen molar-refractivity contribution in [2.45, 2.75) is 102 Å². The summed E-state index contributed by atoms with van der Waals surface area (Å²) in [6.45, 7) is 1.81.